The van der Waals surface area contributed by atoms with Crippen LogP contribution in [0.25, 0.3) is 16.9 Å². The molecule has 86 valence electrons. The van der Waals surface area contributed by atoms with Gasteiger partial charge in [-0.05, 0) is 34.2 Å². The van der Waals surface area contributed by atoms with Crippen LogP contribution in [0.5, 0.6) is 0 Å². The summed E-state index contributed by atoms with van der Waals surface area (Å²) in [7, 11) is 1.87. The van der Waals surface area contributed by atoms with Crippen LogP contribution in [0.1, 0.15) is 0 Å². The fourth-order valence-electron chi connectivity index (χ4n) is 1.73. The maximum Gasteiger partial charge on any atom is 0.184 e. The molecule has 0 saturated carbocycles. The van der Waals surface area contributed by atoms with E-state index in [4.69, 9.17) is 12.2 Å². The van der Waals surface area contributed by atoms with Crippen molar-refractivity contribution in [3.05, 3.63) is 33.9 Å². The zero-order chi connectivity index (χ0) is 12.0. The second-order valence-electron chi connectivity index (χ2n) is 3.66. The average Bonchev–Trinajstić information content (AvgIpc) is 2.80. The molecule has 5 nitrogen and oxygen atoms in total. The Hall–Kier alpha value is -1.47. The van der Waals surface area contributed by atoms with Gasteiger partial charge in [-0.15, -0.1) is 0 Å². The van der Waals surface area contributed by atoms with Gasteiger partial charge in [0.1, 0.15) is 0 Å². The molecular weight excluding hydrogens is 302 g/mol. The molecule has 0 bridgehead atoms. The monoisotopic (exact) mass is 309 g/mol. The van der Waals surface area contributed by atoms with Crippen LogP contribution in [0.4, 0.5) is 0 Å². The van der Waals surface area contributed by atoms with Gasteiger partial charge in [-0.1, -0.05) is 0 Å². The van der Waals surface area contributed by atoms with Crippen molar-refractivity contribution in [2.24, 2.45) is 7.05 Å². The van der Waals surface area contributed by atoms with Crippen molar-refractivity contribution in [1.82, 2.24) is 24.3 Å². The number of nitrogens with one attached hydrogen (secondary N) is 1. The molecule has 0 unspecified atom stereocenters. The third-order valence-electron chi connectivity index (χ3n) is 2.44. The Morgan fingerprint density at radius 3 is 2.94 bits per heavy atom. The van der Waals surface area contributed by atoms with Gasteiger partial charge in [0.25, 0.3) is 0 Å². The predicted molar refractivity (Wildman–Crippen MR) is 70.7 cm³/mol. The third kappa shape index (κ3) is 1.71. The first-order valence-electron chi connectivity index (χ1n) is 4.90. The second-order valence-corrected chi connectivity index (χ2v) is 4.96. The van der Waals surface area contributed by atoms with Crippen LogP contribution in [-0.4, -0.2) is 24.3 Å². The SMILES string of the molecule is Cn1cc(-n2c(=S)[nH]c3cc(Br)cnc32)cn1. The van der Waals surface area contributed by atoms with Crippen LogP contribution in [0.15, 0.2) is 29.1 Å². The number of aromatic nitrogens is 5. The Bertz CT molecular complexity index is 753. The van der Waals surface area contributed by atoms with Gasteiger partial charge in [0.2, 0.25) is 0 Å². The van der Waals surface area contributed by atoms with Crippen molar-refractivity contribution in [1.29, 1.82) is 0 Å². The number of fused-ring (bicyclic) bond motifs is 1. The fourth-order valence-corrected chi connectivity index (χ4v) is 2.37. The zero-order valence-corrected chi connectivity index (χ0v) is 11.3. The van der Waals surface area contributed by atoms with E-state index in [2.05, 4.69) is 31.0 Å². The van der Waals surface area contributed by atoms with Crippen LogP contribution in [-0.2, 0) is 7.05 Å². The van der Waals surface area contributed by atoms with Crippen LogP contribution >= 0.6 is 28.1 Å². The maximum absolute atomic E-state index is 5.30. The molecule has 0 aromatic carbocycles. The summed E-state index contributed by atoms with van der Waals surface area (Å²) in [6.07, 6.45) is 5.40. The minimum absolute atomic E-state index is 0.610. The quantitative estimate of drug-likeness (QED) is 0.703. The second kappa shape index (κ2) is 3.78. The highest BCUT2D eigenvalue weighted by Crippen LogP contribution is 2.20. The first kappa shape index (κ1) is 10.7. The van der Waals surface area contributed by atoms with E-state index in [1.54, 1.807) is 17.1 Å². The topological polar surface area (TPSA) is 51.4 Å². The van der Waals surface area contributed by atoms with Crippen molar-refractivity contribution >= 4 is 39.3 Å². The molecule has 1 N–H and O–H groups in total. The molecule has 3 aromatic rings. The number of rotatable bonds is 1. The van der Waals surface area contributed by atoms with Gasteiger partial charge in [-0.2, -0.15) is 5.10 Å². The molecule has 0 amide bonds. The smallest absolute Gasteiger partial charge is 0.184 e. The molecule has 3 rings (SSSR count). The molecule has 0 fully saturated rings. The van der Waals surface area contributed by atoms with Gasteiger partial charge in [-0.25, -0.2) is 4.98 Å². The Morgan fingerprint density at radius 2 is 2.24 bits per heavy atom. The first-order chi connectivity index (χ1) is 8.15. The van der Waals surface area contributed by atoms with E-state index >= 15 is 0 Å². The largest absolute Gasteiger partial charge is 0.329 e. The van der Waals surface area contributed by atoms with Crippen molar-refractivity contribution in [2.75, 3.05) is 0 Å². The molecule has 0 aliphatic carbocycles. The summed E-state index contributed by atoms with van der Waals surface area (Å²) in [6, 6.07) is 1.95. The molecule has 7 heteroatoms. The normalized spacial score (nSPS) is 11.2. The maximum atomic E-state index is 5.30. The number of halogens is 1. The predicted octanol–water partition coefficient (Wildman–Crippen LogP) is 2.58. The van der Waals surface area contributed by atoms with Crippen LogP contribution in [0.2, 0.25) is 0 Å². The van der Waals surface area contributed by atoms with Gasteiger partial charge in [-0.3, -0.25) is 9.25 Å². The molecular formula is C10H8BrN5S. The number of H-pyrrole nitrogens is 1. The summed E-state index contributed by atoms with van der Waals surface area (Å²) >= 11 is 8.69. The number of aromatic amines is 1. The van der Waals surface area contributed by atoms with E-state index in [1.165, 1.54) is 0 Å². The van der Waals surface area contributed by atoms with Gasteiger partial charge in [0.15, 0.2) is 10.4 Å². The number of nitrogens with zero attached hydrogens (tertiary/aromatic N) is 4. The van der Waals surface area contributed by atoms with Crippen LogP contribution < -0.4 is 0 Å². The highest BCUT2D eigenvalue weighted by Gasteiger charge is 2.09. The molecule has 3 heterocycles. The molecule has 0 spiro atoms. The molecule has 0 atom stereocenters. The van der Waals surface area contributed by atoms with Crippen LogP contribution in [0, 0.1) is 4.77 Å². The average molecular weight is 310 g/mol. The Morgan fingerprint density at radius 1 is 1.41 bits per heavy atom. The number of aryl methyl sites for hydroxylation is 1. The first-order valence-corrected chi connectivity index (χ1v) is 6.10. The Kier molecular flexibility index (Phi) is 2.37. The number of hydrogen-bond donors (Lipinski definition) is 1. The standard InChI is InChI=1S/C10H8BrN5S/c1-15-5-7(4-13-15)16-9-8(14-10(16)17)2-6(11)3-12-9/h2-5H,1H3,(H,14,17). The van der Waals surface area contributed by atoms with E-state index in [0.717, 1.165) is 21.3 Å². The summed E-state index contributed by atoms with van der Waals surface area (Å²) in [6.45, 7) is 0. The minimum Gasteiger partial charge on any atom is -0.329 e. The van der Waals surface area contributed by atoms with E-state index in [-0.39, 0.29) is 0 Å². The van der Waals surface area contributed by atoms with Crippen molar-refractivity contribution in [2.45, 2.75) is 0 Å². The Balaban J connectivity index is 2.36. The van der Waals surface area contributed by atoms with Gasteiger partial charge < -0.3 is 4.98 Å². The molecule has 0 saturated heterocycles. The molecule has 3 aromatic heterocycles. The fraction of sp³-hybridized carbons (Fsp3) is 0.100. The summed E-state index contributed by atoms with van der Waals surface area (Å²) in [5, 5.41) is 4.14. The third-order valence-corrected chi connectivity index (χ3v) is 3.16. The lowest BCUT2D eigenvalue weighted by molar-refractivity contribution is 0.767. The van der Waals surface area contributed by atoms with Gasteiger partial charge in [0, 0.05) is 23.9 Å². The van der Waals surface area contributed by atoms with Crippen molar-refractivity contribution < 1.29 is 0 Å². The summed E-state index contributed by atoms with van der Waals surface area (Å²) in [5.41, 5.74) is 2.60. The van der Waals surface area contributed by atoms with E-state index in [1.807, 2.05) is 23.9 Å². The number of pyridine rings is 1. The molecule has 0 radical (unpaired) electrons. The molecule has 0 aliphatic rings. The van der Waals surface area contributed by atoms with Crippen LogP contribution in [0.3, 0.4) is 0 Å². The summed E-state index contributed by atoms with van der Waals surface area (Å²) in [5.74, 6) is 0. The summed E-state index contributed by atoms with van der Waals surface area (Å²) < 4.78 is 5.12. The minimum atomic E-state index is 0.610. The molecule has 17 heavy (non-hydrogen) atoms. The lowest BCUT2D eigenvalue weighted by Crippen LogP contribution is -1.93. The Labute approximate surface area is 110 Å². The van der Waals surface area contributed by atoms with E-state index in [0.29, 0.717) is 4.77 Å². The van der Waals surface area contributed by atoms with E-state index in [9.17, 15) is 0 Å². The van der Waals surface area contributed by atoms with Crippen molar-refractivity contribution in [3.8, 4) is 5.69 Å². The summed E-state index contributed by atoms with van der Waals surface area (Å²) in [4.78, 5) is 7.49. The zero-order valence-electron chi connectivity index (χ0n) is 8.88. The lowest BCUT2D eigenvalue weighted by Gasteiger charge is -1.98. The van der Waals surface area contributed by atoms with Gasteiger partial charge in [0.05, 0.1) is 17.4 Å². The highest BCUT2D eigenvalue weighted by molar-refractivity contribution is 9.10. The molecule has 0 aliphatic heterocycles. The number of imidazole rings is 1. The lowest BCUT2D eigenvalue weighted by atomic mass is 10.4. The highest BCUT2D eigenvalue weighted by atomic mass is 79.9. The van der Waals surface area contributed by atoms with E-state index < -0.39 is 0 Å². The van der Waals surface area contributed by atoms with Crippen molar-refractivity contribution in [3.63, 3.8) is 0 Å². The van der Waals surface area contributed by atoms with Gasteiger partial charge >= 0.3 is 0 Å². The number of hydrogen-bond acceptors (Lipinski definition) is 3.